The third-order valence-corrected chi connectivity index (χ3v) is 7.38. The standard InChI is InChI=1S/C29H37N3O6/c1-30(16-13-20-11-12-24(37-3)25(18-20)38-4)27(33)21-8-6-14-31(19-21)23-10-5-9-22-26(23)29(35)32(28(22)34)15-7-17-36-2/h5,9-12,18,21H,6-8,13-17,19H2,1-4H3/t21-/m1/s1. The molecule has 0 spiro atoms. The topological polar surface area (TPSA) is 88.6 Å². The molecule has 1 saturated heterocycles. The monoisotopic (exact) mass is 523 g/mol. The fourth-order valence-corrected chi connectivity index (χ4v) is 5.30. The number of methoxy groups -OCH3 is 3. The molecule has 2 aromatic rings. The number of likely N-dealkylation sites (N-methyl/N-ethyl adjacent to an activating group) is 1. The van der Waals surface area contributed by atoms with Gasteiger partial charge in [0.1, 0.15) is 0 Å². The van der Waals surface area contributed by atoms with Gasteiger partial charge in [0.05, 0.1) is 37.0 Å². The highest BCUT2D eigenvalue weighted by Crippen LogP contribution is 2.34. The summed E-state index contributed by atoms with van der Waals surface area (Å²) in [5.41, 5.74) is 2.68. The predicted molar refractivity (Wildman–Crippen MR) is 144 cm³/mol. The highest BCUT2D eigenvalue weighted by molar-refractivity contribution is 6.23. The van der Waals surface area contributed by atoms with Gasteiger partial charge >= 0.3 is 0 Å². The molecule has 4 rings (SSSR count). The van der Waals surface area contributed by atoms with Crippen LogP contribution in [0.2, 0.25) is 0 Å². The second-order valence-electron chi connectivity index (χ2n) is 9.79. The van der Waals surface area contributed by atoms with Crippen LogP contribution in [-0.2, 0) is 16.0 Å². The Morgan fingerprint density at radius 3 is 2.58 bits per heavy atom. The van der Waals surface area contributed by atoms with Gasteiger partial charge in [-0.3, -0.25) is 19.3 Å². The van der Waals surface area contributed by atoms with Gasteiger partial charge < -0.3 is 24.0 Å². The molecule has 2 heterocycles. The van der Waals surface area contributed by atoms with Crippen molar-refractivity contribution in [3.05, 3.63) is 53.1 Å². The van der Waals surface area contributed by atoms with Crippen LogP contribution in [0, 0.1) is 5.92 Å². The van der Waals surface area contributed by atoms with E-state index in [1.54, 1.807) is 32.3 Å². The number of nitrogens with zero attached hydrogens (tertiary/aromatic N) is 3. The van der Waals surface area contributed by atoms with Crippen molar-refractivity contribution in [2.24, 2.45) is 5.92 Å². The molecule has 1 atom stereocenters. The van der Waals surface area contributed by atoms with Gasteiger partial charge in [-0.05, 0) is 55.5 Å². The summed E-state index contributed by atoms with van der Waals surface area (Å²) in [5.74, 6) is 0.724. The van der Waals surface area contributed by atoms with Crippen molar-refractivity contribution >= 4 is 23.4 Å². The summed E-state index contributed by atoms with van der Waals surface area (Å²) in [4.78, 5) is 44.7. The van der Waals surface area contributed by atoms with Crippen molar-refractivity contribution in [2.45, 2.75) is 25.7 Å². The van der Waals surface area contributed by atoms with Crippen LogP contribution in [-0.4, -0.2) is 88.7 Å². The number of hydrogen-bond donors (Lipinski definition) is 0. The minimum atomic E-state index is -0.266. The molecule has 0 unspecified atom stereocenters. The maximum Gasteiger partial charge on any atom is 0.263 e. The number of hydrogen-bond acceptors (Lipinski definition) is 7. The summed E-state index contributed by atoms with van der Waals surface area (Å²) in [6.45, 7) is 2.64. The molecular weight excluding hydrogens is 486 g/mol. The van der Waals surface area contributed by atoms with Crippen LogP contribution in [0.1, 0.15) is 45.5 Å². The number of benzene rings is 2. The largest absolute Gasteiger partial charge is 0.493 e. The van der Waals surface area contributed by atoms with E-state index in [0.29, 0.717) is 61.7 Å². The van der Waals surface area contributed by atoms with Crippen LogP contribution in [0.3, 0.4) is 0 Å². The van der Waals surface area contributed by atoms with Gasteiger partial charge in [-0.1, -0.05) is 12.1 Å². The van der Waals surface area contributed by atoms with E-state index in [9.17, 15) is 14.4 Å². The molecule has 0 saturated carbocycles. The minimum Gasteiger partial charge on any atom is -0.493 e. The van der Waals surface area contributed by atoms with Crippen molar-refractivity contribution in [1.29, 1.82) is 0 Å². The Balaban J connectivity index is 1.42. The first-order chi connectivity index (χ1) is 18.4. The molecule has 3 amide bonds. The summed E-state index contributed by atoms with van der Waals surface area (Å²) in [6.07, 6.45) is 2.92. The summed E-state index contributed by atoms with van der Waals surface area (Å²) in [6, 6.07) is 11.2. The predicted octanol–water partition coefficient (Wildman–Crippen LogP) is 3.25. The third-order valence-electron chi connectivity index (χ3n) is 7.38. The van der Waals surface area contributed by atoms with Crippen LogP contribution in [0.5, 0.6) is 11.5 Å². The Bertz CT molecular complexity index is 1180. The molecule has 0 aliphatic carbocycles. The van der Waals surface area contributed by atoms with E-state index < -0.39 is 0 Å². The molecule has 0 aromatic heterocycles. The van der Waals surface area contributed by atoms with Crippen molar-refractivity contribution in [3.63, 3.8) is 0 Å². The van der Waals surface area contributed by atoms with E-state index in [1.807, 2.05) is 37.4 Å². The molecule has 38 heavy (non-hydrogen) atoms. The Kier molecular flexibility index (Phi) is 8.89. The number of piperidine rings is 1. The lowest BCUT2D eigenvalue weighted by Crippen LogP contribution is -2.44. The summed E-state index contributed by atoms with van der Waals surface area (Å²) < 4.78 is 15.8. The van der Waals surface area contributed by atoms with Gasteiger partial charge in [0, 0.05) is 46.9 Å². The van der Waals surface area contributed by atoms with Gasteiger partial charge in [-0.15, -0.1) is 0 Å². The Morgan fingerprint density at radius 2 is 1.84 bits per heavy atom. The third kappa shape index (κ3) is 5.62. The van der Waals surface area contributed by atoms with Crippen molar-refractivity contribution < 1.29 is 28.6 Å². The average molecular weight is 524 g/mol. The van der Waals surface area contributed by atoms with E-state index >= 15 is 0 Å². The fourth-order valence-electron chi connectivity index (χ4n) is 5.30. The van der Waals surface area contributed by atoms with Crippen LogP contribution < -0.4 is 14.4 Å². The minimum absolute atomic E-state index is 0.0892. The number of ether oxygens (including phenoxy) is 3. The van der Waals surface area contributed by atoms with Gasteiger partial charge in [0.25, 0.3) is 11.8 Å². The smallest absolute Gasteiger partial charge is 0.263 e. The molecule has 9 heteroatoms. The normalized spacial score (nSPS) is 17.0. The Morgan fingerprint density at radius 1 is 1.05 bits per heavy atom. The van der Waals surface area contributed by atoms with E-state index in [2.05, 4.69) is 4.90 Å². The molecule has 0 N–H and O–H groups in total. The number of fused-ring (bicyclic) bond motifs is 1. The molecule has 204 valence electrons. The molecule has 1 fully saturated rings. The summed E-state index contributed by atoms with van der Waals surface area (Å²) in [5, 5.41) is 0. The summed E-state index contributed by atoms with van der Waals surface area (Å²) >= 11 is 0. The second-order valence-corrected chi connectivity index (χ2v) is 9.79. The molecule has 0 bridgehead atoms. The van der Waals surface area contributed by atoms with Gasteiger partial charge in [0.2, 0.25) is 5.91 Å². The van der Waals surface area contributed by atoms with Crippen molar-refractivity contribution in [2.75, 3.05) is 66.1 Å². The zero-order valence-electron chi connectivity index (χ0n) is 22.7. The number of imide groups is 1. The van der Waals surface area contributed by atoms with Crippen molar-refractivity contribution in [3.8, 4) is 11.5 Å². The number of carbonyl (C=O) groups excluding carboxylic acids is 3. The Labute approximate surface area is 224 Å². The fraction of sp³-hybridized carbons (Fsp3) is 0.483. The molecular formula is C29H37N3O6. The number of amides is 3. The SMILES string of the molecule is COCCCN1C(=O)c2cccc(N3CCC[C@@H](C(=O)N(C)CCc4ccc(OC)c(OC)c4)C3)c2C1=O. The van der Waals surface area contributed by atoms with E-state index in [0.717, 1.165) is 30.6 Å². The molecule has 9 nitrogen and oxygen atoms in total. The van der Waals surface area contributed by atoms with E-state index in [1.165, 1.54) is 4.90 Å². The summed E-state index contributed by atoms with van der Waals surface area (Å²) in [7, 11) is 6.65. The maximum atomic E-state index is 13.4. The lowest BCUT2D eigenvalue weighted by Gasteiger charge is -2.36. The van der Waals surface area contributed by atoms with Gasteiger partial charge in [-0.2, -0.15) is 0 Å². The zero-order chi connectivity index (χ0) is 27.2. The van der Waals surface area contributed by atoms with E-state index in [-0.39, 0.29) is 23.6 Å². The lowest BCUT2D eigenvalue weighted by atomic mass is 9.94. The highest BCUT2D eigenvalue weighted by Gasteiger charge is 2.39. The number of carbonyl (C=O) groups is 3. The first-order valence-corrected chi connectivity index (χ1v) is 13.1. The number of anilines is 1. The zero-order valence-corrected chi connectivity index (χ0v) is 22.7. The van der Waals surface area contributed by atoms with Crippen LogP contribution >= 0.6 is 0 Å². The molecule has 2 aliphatic heterocycles. The molecule has 2 aliphatic rings. The second kappa shape index (κ2) is 12.3. The lowest BCUT2D eigenvalue weighted by molar-refractivity contribution is -0.134. The first kappa shape index (κ1) is 27.4. The van der Waals surface area contributed by atoms with Gasteiger partial charge in [0.15, 0.2) is 11.5 Å². The van der Waals surface area contributed by atoms with Gasteiger partial charge in [-0.25, -0.2) is 0 Å². The average Bonchev–Trinajstić information content (AvgIpc) is 3.20. The van der Waals surface area contributed by atoms with Crippen LogP contribution in [0.15, 0.2) is 36.4 Å². The Hall–Kier alpha value is -3.59. The first-order valence-electron chi connectivity index (χ1n) is 13.1. The van der Waals surface area contributed by atoms with Crippen LogP contribution in [0.4, 0.5) is 5.69 Å². The van der Waals surface area contributed by atoms with Crippen molar-refractivity contribution in [1.82, 2.24) is 9.80 Å². The molecule has 0 radical (unpaired) electrons. The molecule has 2 aromatic carbocycles. The van der Waals surface area contributed by atoms with Crippen LogP contribution in [0.25, 0.3) is 0 Å². The van der Waals surface area contributed by atoms with E-state index in [4.69, 9.17) is 14.2 Å². The maximum absolute atomic E-state index is 13.4. The highest BCUT2D eigenvalue weighted by atomic mass is 16.5. The quantitative estimate of drug-likeness (QED) is 0.330. The number of rotatable bonds is 11.